The zero-order chi connectivity index (χ0) is 12.0. The van der Waals surface area contributed by atoms with Crippen LogP contribution in [0.3, 0.4) is 0 Å². The molecule has 7 heteroatoms. The van der Waals surface area contributed by atoms with Crippen LogP contribution in [0.5, 0.6) is 0 Å². The van der Waals surface area contributed by atoms with E-state index in [4.69, 9.17) is 11.6 Å². The van der Waals surface area contributed by atoms with Gasteiger partial charge >= 0.3 is 5.63 Å². The quantitative estimate of drug-likeness (QED) is 0.554. The Bertz CT molecular complexity index is 656. The largest absolute Gasteiger partial charge is 0.408 e. The van der Waals surface area contributed by atoms with E-state index >= 15 is 0 Å². The molecule has 0 spiro atoms. The molecule has 0 amide bonds. The number of benzene rings is 1. The van der Waals surface area contributed by atoms with E-state index in [1.807, 2.05) is 0 Å². The summed E-state index contributed by atoms with van der Waals surface area (Å²) in [6, 6.07) is 0. The number of hydrogen-bond donors (Lipinski definition) is 0. The lowest BCUT2D eigenvalue weighted by Gasteiger charge is -2.04. The highest BCUT2D eigenvalue weighted by Crippen LogP contribution is 2.33. The predicted octanol–water partition coefficient (Wildman–Crippen LogP) is 3.19. The van der Waals surface area contributed by atoms with E-state index in [9.17, 15) is 13.6 Å². The van der Waals surface area contributed by atoms with Crippen molar-refractivity contribution >= 4 is 38.4 Å². The van der Waals surface area contributed by atoms with Gasteiger partial charge in [-0.1, -0.05) is 11.6 Å². The Morgan fingerprint density at radius 2 is 2.00 bits per heavy atom. The van der Waals surface area contributed by atoms with Gasteiger partial charge in [-0.2, -0.15) is 0 Å². The fraction of sp³-hybridized carbons (Fsp3) is 0.111. The maximum atomic E-state index is 13.7. The standard InChI is InChI=1S/C9H3BrClF2NO2/c1-2-14-8-3(9(15)16-2)6(12)5(11)4(10)7(8)13/h1H3. The lowest BCUT2D eigenvalue weighted by Crippen LogP contribution is -2.07. The Labute approximate surface area is 101 Å². The molecular weight excluding hydrogens is 307 g/mol. The summed E-state index contributed by atoms with van der Waals surface area (Å²) in [5, 5.41) is -1.10. The monoisotopic (exact) mass is 309 g/mol. The van der Waals surface area contributed by atoms with Crippen LogP contribution in [0, 0.1) is 18.6 Å². The number of aryl methyl sites for hydroxylation is 1. The molecule has 1 heterocycles. The van der Waals surface area contributed by atoms with Crippen molar-refractivity contribution in [3.63, 3.8) is 0 Å². The van der Waals surface area contributed by atoms with E-state index in [0.29, 0.717) is 0 Å². The van der Waals surface area contributed by atoms with Crippen molar-refractivity contribution in [1.82, 2.24) is 4.98 Å². The lowest BCUT2D eigenvalue weighted by molar-refractivity contribution is 0.461. The Hall–Kier alpha value is -1.01. The summed E-state index contributed by atoms with van der Waals surface area (Å²) < 4.78 is 31.6. The topological polar surface area (TPSA) is 43.1 Å². The molecule has 0 fully saturated rings. The maximum absolute atomic E-state index is 13.7. The predicted molar refractivity (Wildman–Crippen MR) is 57.6 cm³/mol. The van der Waals surface area contributed by atoms with Crippen molar-refractivity contribution in [1.29, 1.82) is 0 Å². The second-order valence-corrected chi connectivity index (χ2v) is 4.17. The van der Waals surface area contributed by atoms with Gasteiger partial charge in [-0.05, 0) is 15.9 Å². The number of rotatable bonds is 0. The highest BCUT2D eigenvalue weighted by molar-refractivity contribution is 9.10. The van der Waals surface area contributed by atoms with Crippen LogP contribution >= 0.6 is 27.5 Å². The highest BCUT2D eigenvalue weighted by atomic mass is 79.9. The van der Waals surface area contributed by atoms with Crippen LogP contribution in [-0.4, -0.2) is 4.98 Å². The van der Waals surface area contributed by atoms with Crippen molar-refractivity contribution in [2.24, 2.45) is 0 Å². The first-order valence-electron chi connectivity index (χ1n) is 4.07. The SMILES string of the molecule is Cc1nc2c(F)c(Br)c(Cl)c(F)c2c(=O)o1. The minimum absolute atomic E-state index is 0.0509. The molecule has 0 aliphatic heterocycles. The molecule has 2 aromatic rings. The van der Waals surface area contributed by atoms with Gasteiger partial charge in [0.1, 0.15) is 10.9 Å². The van der Waals surface area contributed by atoms with Gasteiger partial charge in [-0.15, -0.1) is 0 Å². The van der Waals surface area contributed by atoms with Crippen LogP contribution in [0.15, 0.2) is 13.7 Å². The summed E-state index contributed by atoms with van der Waals surface area (Å²) in [4.78, 5) is 15.0. The molecule has 3 nitrogen and oxygen atoms in total. The molecule has 0 bridgehead atoms. The molecule has 0 aliphatic carbocycles. The number of aromatic nitrogens is 1. The summed E-state index contributed by atoms with van der Waals surface area (Å²) in [5.74, 6) is -1.99. The fourth-order valence-corrected chi connectivity index (χ4v) is 1.82. The Kier molecular flexibility index (Phi) is 2.71. The first kappa shape index (κ1) is 11.5. The second kappa shape index (κ2) is 3.78. The summed E-state index contributed by atoms with van der Waals surface area (Å²) >= 11 is 8.28. The average Bonchev–Trinajstić information content (AvgIpc) is 2.22. The normalized spacial score (nSPS) is 11.1. The Balaban J connectivity index is 3.15. The summed E-state index contributed by atoms with van der Waals surface area (Å²) in [5.41, 5.74) is -1.41. The van der Waals surface area contributed by atoms with Crippen LogP contribution in [0.25, 0.3) is 10.9 Å². The third-order valence-corrected chi connectivity index (χ3v) is 3.28. The third kappa shape index (κ3) is 1.53. The van der Waals surface area contributed by atoms with E-state index in [1.165, 1.54) is 6.92 Å². The molecular formula is C9H3BrClF2NO2. The van der Waals surface area contributed by atoms with Gasteiger partial charge < -0.3 is 4.42 Å². The van der Waals surface area contributed by atoms with E-state index in [0.717, 1.165) is 0 Å². The average molecular weight is 310 g/mol. The first-order chi connectivity index (χ1) is 7.43. The number of hydrogen-bond acceptors (Lipinski definition) is 3. The van der Waals surface area contributed by atoms with Crippen LogP contribution in [0.4, 0.5) is 8.78 Å². The van der Waals surface area contributed by atoms with Crippen molar-refractivity contribution in [3.8, 4) is 0 Å². The molecule has 0 unspecified atom stereocenters. The van der Waals surface area contributed by atoms with Crippen molar-refractivity contribution < 1.29 is 13.2 Å². The Morgan fingerprint density at radius 1 is 1.38 bits per heavy atom. The number of fused-ring (bicyclic) bond motifs is 1. The zero-order valence-corrected chi connectivity index (χ0v) is 10.1. The van der Waals surface area contributed by atoms with Crippen LogP contribution in [0.2, 0.25) is 5.02 Å². The number of halogens is 4. The molecule has 0 saturated carbocycles. The number of nitrogens with zero attached hydrogens (tertiary/aromatic N) is 1. The van der Waals surface area contributed by atoms with Gasteiger partial charge in [0.25, 0.3) is 0 Å². The van der Waals surface area contributed by atoms with E-state index < -0.39 is 33.2 Å². The molecule has 84 valence electrons. The maximum Gasteiger partial charge on any atom is 0.350 e. The molecule has 1 aromatic heterocycles. The fourth-order valence-electron chi connectivity index (χ4n) is 1.28. The van der Waals surface area contributed by atoms with Gasteiger partial charge in [0.2, 0.25) is 0 Å². The van der Waals surface area contributed by atoms with Crippen molar-refractivity contribution in [3.05, 3.63) is 37.4 Å². The minimum atomic E-state index is -1.05. The summed E-state index contributed by atoms with van der Waals surface area (Å²) in [6.45, 7) is 1.36. The molecule has 0 N–H and O–H groups in total. The van der Waals surface area contributed by atoms with Gasteiger partial charge in [-0.25, -0.2) is 18.6 Å². The van der Waals surface area contributed by atoms with Gasteiger partial charge in [0.05, 0.1) is 9.50 Å². The highest BCUT2D eigenvalue weighted by Gasteiger charge is 2.21. The van der Waals surface area contributed by atoms with E-state index in [1.54, 1.807) is 0 Å². The molecule has 16 heavy (non-hydrogen) atoms. The van der Waals surface area contributed by atoms with Crippen LogP contribution < -0.4 is 5.63 Å². The molecule has 1 aromatic carbocycles. The molecule has 0 atom stereocenters. The Morgan fingerprint density at radius 3 is 2.62 bits per heavy atom. The van der Waals surface area contributed by atoms with Crippen LogP contribution in [-0.2, 0) is 0 Å². The first-order valence-corrected chi connectivity index (χ1v) is 5.24. The lowest BCUT2D eigenvalue weighted by atomic mass is 10.2. The minimum Gasteiger partial charge on any atom is -0.408 e. The zero-order valence-electron chi connectivity index (χ0n) is 7.78. The molecule has 0 aliphatic rings. The van der Waals surface area contributed by atoms with Gasteiger partial charge in [-0.3, -0.25) is 0 Å². The second-order valence-electron chi connectivity index (χ2n) is 3.00. The van der Waals surface area contributed by atoms with Crippen molar-refractivity contribution in [2.45, 2.75) is 6.92 Å². The molecule has 2 rings (SSSR count). The van der Waals surface area contributed by atoms with E-state index in [2.05, 4.69) is 25.3 Å². The molecule has 0 radical (unpaired) electrons. The van der Waals surface area contributed by atoms with Crippen LogP contribution in [0.1, 0.15) is 5.89 Å². The molecule has 0 saturated heterocycles. The van der Waals surface area contributed by atoms with Gasteiger partial charge in [0, 0.05) is 6.92 Å². The van der Waals surface area contributed by atoms with Crippen molar-refractivity contribution in [2.75, 3.05) is 0 Å². The van der Waals surface area contributed by atoms with Gasteiger partial charge in [0.15, 0.2) is 17.5 Å². The van der Waals surface area contributed by atoms with E-state index in [-0.39, 0.29) is 10.4 Å². The summed E-state index contributed by atoms with van der Waals surface area (Å²) in [6.07, 6.45) is 0. The smallest absolute Gasteiger partial charge is 0.350 e. The summed E-state index contributed by atoms with van der Waals surface area (Å²) in [7, 11) is 0. The third-order valence-electron chi connectivity index (χ3n) is 1.96.